The molecule has 1 saturated heterocycles. The molecule has 160 valence electrons. The quantitative estimate of drug-likeness (QED) is 0.692. The smallest absolute Gasteiger partial charge is 0.251 e. The van der Waals surface area contributed by atoms with E-state index in [1.165, 1.54) is 12.5 Å². The summed E-state index contributed by atoms with van der Waals surface area (Å²) in [4.78, 5) is 26.8. The van der Waals surface area contributed by atoms with Crippen molar-refractivity contribution in [2.75, 3.05) is 19.6 Å². The minimum absolute atomic E-state index is 0.0120. The molecule has 7 heteroatoms. The van der Waals surface area contributed by atoms with Crippen molar-refractivity contribution in [3.05, 3.63) is 82.5 Å². The number of aromatic nitrogens is 3. The molecule has 1 amide bonds. The van der Waals surface area contributed by atoms with Crippen LogP contribution in [-0.4, -0.2) is 44.8 Å². The van der Waals surface area contributed by atoms with Crippen molar-refractivity contribution in [3.63, 3.8) is 0 Å². The zero-order chi connectivity index (χ0) is 21.4. The molecule has 2 aromatic heterocycles. The van der Waals surface area contributed by atoms with Gasteiger partial charge in [0.1, 0.15) is 0 Å². The van der Waals surface area contributed by atoms with E-state index in [4.69, 9.17) is 0 Å². The Balaban J connectivity index is 1.40. The minimum Gasteiger partial charge on any atom is -0.354 e. The summed E-state index contributed by atoms with van der Waals surface area (Å²) in [5.74, 6) is 0.596. The number of amides is 1. The Morgan fingerprint density at radius 2 is 2.03 bits per heavy atom. The number of carbonyl (C=O) groups excluding carboxylic acids is 1. The van der Waals surface area contributed by atoms with Crippen molar-refractivity contribution in [3.8, 4) is 5.69 Å². The van der Waals surface area contributed by atoms with Crippen LogP contribution in [0.2, 0.25) is 0 Å². The third-order valence-corrected chi connectivity index (χ3v) is 6.52. The fourth-order valence-electron chi connectivity index (χ4n) is 5.25. The molecule has 0 saturated carbocycles. The third-order valence-electron chi connectivity index (χ3n) is 6.52. The van der Waals surface area contributed by atoms with E-state index in [9.17, 15) is 9.59 Å². The maximum Gasteiger partial charge on any atom is 0.251 e. The van der Waals surface area contributed by atoms with Gasteiger partial charge in [-0.05, 0) is 42.2 Å². The summed E-state index contributed by atoms with van der Waals surface area (Å²) in [6.45, 7) is 4.71. The van der Waals surface area contributed by atoms with Gasteiger partial charge in [0.15, 0.2) is 0 Å². The van der Waals surface area contributed by atoms with E-state index in [0.717, 1.165) is 37.4 Å². The second-order valence-corrected chi connectivity index (χ2v) is 8.67. The number of nitrogens with zero attached hydrogens (tertiary/aromatic N) is 4. The second-order valence-electron chi connectivity index (χ2n) is 8.67. The summed E-state index contributed by atoms with van der Waals surface area (Å²) >= 11 is 0. The van der Waals surface area contributed by atoms with Crippen LogP contribution in [0, 0.1) is 5.92 Å². The van der Waals surface area contributed by atoms with Crippen molar-refractivity contribution in [1.29, 1.82) is 0 Å². The monoisotopic (exact) mass is 417 g/mol. The van der Waals surface area contributed by atoms with Crippen LogP contribution in [0.1, 0.15) is 36.6 Å². The number of pyridine rings is 1. The molecule has 3 aromatic rings. The molecule has 2 bridgehead atoms. The van der Waals surface area contributed by atoms with E-state index in [-0.39, 0.29) is 17.5 Å². The molecule has 1 N–H and O–H groups in total. The first-order chi connectivity index (χ1) is 15.1. The lowest BCUT2D eigenvalue weighted by molar-refractivity contribution is -0.119. The number of hydrogen-bond donors (Lipinski definition) is 1. The molecule has 2 aliphatic rings. The summed E-state index contributed by atoms with van der Waals surface area (Å²) < 4.78 is 3.81. The Morgan fingerprint density at radius 1 is 1.16 bits per heavy atom. The van der Waals surface area contributed by atoms with Crippen LogP contribution in [0.25, 0.3) is 5.69 Å². The average molecular weight is 418 g/mol. The van der Waals surface area contributed by atoms with E-state index in [1.54, 1.807) is 12.3 Å². The molecule has 1 fully saturated rings. The number of fused-ring (bicyclic) bond motifs is 4. The van der Waals surface area contributed by atoms with Crippen molar-refractivity contribution in [2.24, 2.45) is 5.92 Å². The molecule has 1 aromatic carbocycles. The highest BCUT2D eigenvalue weighted by Crippen LogP contribution is 2.41. The van der Waals surface area contributed by atoms with Gasteiger partial charge in [-0.15, -0.1) is 0 Å². The van der Waals surface area contributed by atoms with Gasteiger partial charge >= 0.3 is 0 Å². The van der Waals surface area contributed by atoms with Crippen molar-refractivity contribution in [1.82, 2.24) is 24.6 Å². The Morgan fingerprint density at radius 3 is 2.84 bits per heavy atom. The lowest BCUT2D eigenvalue weighted by atomic mass is 9.78. The average Bonchev–Trinajstić information content (AvgIpc) is 3.29. The lowest BCUT2D eigenvalue weighted by Crippen LogP contribution is -2.51. The number of hydrogen-bond acceptors (Lipinski definition) is 4. The Bertz CT molecular complexity index is 1140. The predicted molar refractivity (Wildman–Crippen MR) is 118 cm³/mol. The molecule has 0 unspecified atom stereocenters. The fraction of sp³-hybridized carbons (Fsp3) is 0.375. The highest BCUT2D eigenvalue weighted by Gasteiger charge is 2.40. The largest absolute Gasteiger partial charge is 0.354 e. The lowest BCUT2D eigenvalue weighted by Gasteiger charge is -2.47. The van der Waals surface area contributed by atoms with Crippen LogP contribution in [0.15, 0.2) is 65.7 Å². The van der Waals surface area contributed by atoms with E-state index < -0.39 is 0 Å². The summed E-state index contributed by atoms with van der Waals surface area (Å²) in [6.07, 6.45) is 4.79. The van der Waals surface area contributed by atoms with Gasteiger partial charge in [0.25, 0.3) is 5.56 Å². The van der Waals surface area contributed by atoms with Gasteiger partial charge in [-0.3, -0.25) is 14.5 Å². The minimum atomic E-state index is -0.0595. The van der Waals surface area contributed by atoms with Gasteiger partial charge < -0.3 is 9.88 Å². The second kappa shape index (κ2) is 8.15. The van der Waals surface area contributed by atoms with E-state index >= 15 is 0 Å². The van der Waals surface area contributed by atoms with E-state index in [0.29, 0.717) is 18.4 Å². The summed E-state index contributed by atoms with van der Waals surface area (Å²) in [5.41, 5.74) is 3.42. The Labute approximate surface area is 181 Å². The maximum atomic E-state index is 12.7. The molecule has 0 spiro atoms. The van der Waals surface area contributed by atoms with E-state index in [2.05, 4.69) is 45.6 Å². The summed E-state index contributed by atoms with van der Waals surface area (Å²) in [7, 11) is 0. The zero-order valence-corrected chi connectivity index (χ0v) is 17.6. The molecule has 0 aliphatic carbocycles. The van der Waals surface area contributed by atoms with E-state index in [1.807, 2.05) is 27.6 Å². The van der Waals surface area contributed by atoms with Crippen molar-refractivity contribution >= 4 is 5.91 Å². The van der Waals surface area contributed by atoms with Crippen LogP contribution < -0.4 is 10.9 Å². The molecule has 3 atom stereocenters. The number of piperidine rings is 1. The first-order valence-electron chi connectivity index (χ1n) is 10.9. The van der Waals surface area contributed by atoms with Crippen LogP contribution in [0.3, 0.4) is 0 Å². The van der Waals surface area contributed by atoms with Crippen molar-refractivity contribution < 1.29 is 4.79 Å². The maximum absolute atomic E-state index is 12.7. The summed E-state index contributed by atoms with van der Waals surface area (Å²) in [6, 6.07) is 16.0. The van der Waals surface area contributed by atoms with Gasteiger partial charge in [-0.1, -0.05) is 18.2 Å². The van der Waals surface area contributed by atoms with Crippen LogP contribution in [0.4, 0.5) is 0 Å². The normalized spacial score (nSPS) is 22.7. The number of likely N-dealkylation sites (tertiary alicyclic amines) is 1. The van der Waals surface area contributed by atoms with Gasteiger partial charge in [0.2, 0.25) is 5.91 Å². The predicted octanol–water partition coefficient (Wildman–Crippen LogP) is 2.33. The zero-order valence-electron chi connectivity index (χ0n) is 17.6. The van der Waals surface area contributed by atoms with Crippen molar-refractivity contribution in [2.45, 2.75) is 31.8 Å². The highest BCUT2D eigenvalue weighted by molar-refractivity contribution is 5.72. The first-order valence-corrected chi connectivity index (χ1v) is 10.9. The highest BCUT2D eigenvalue weighted by atomic mass is 16.1. The number of benzene rings is 1. The third kappa shape index (κ3) is 3.93. The number of nitrogens with one attached hydrogen (secondary N) is 1. The topological polar surface area (TPSA) is 72.2 Å². The molecular weight excluding hydrogens is 390 g/mol. The molecule has 7 nitrogen and oxygen atoms in total. The van der Waals surface area contributed by atoms with Crippen LogP contribution in [0.5, 0.6) is 0 Å². The Kier molecular flexibility index (Phi) is 5.19. The van der Waals surface area contributed by atoms with Gasteiger partial charge in [-0.2, -0.15) is 5.10 Å². The standard InChI is InChI=1S/C24H27N5O2/c1-17(30)25-13-23-20-12-19(22-7-3-8-24(31)29(22)23)15-27(16-20)14-18-5-2-6-21(11-18)28-10-4-9-26-28/h2-11,19-20,23H,12-16H2,1H3,(H,25,30)/t19-,20+,23+/m1/s1. The van der Waals surface area contributed by atoms with Gasteiger partial charge in [-0.25, -0.2) is 4.68 Å². The van der Waals surface area contributed by atoms with Crippen LogP contribution in [-0.2, 0) is 11.3 Å². The first kappa shape index (κ1) is 19.8. The number of rotatable bonds is 5. The van der Waals surface area contributed by atoms with Gasteiger partial charge in [0.05, 0.1) is 11.7 Å². The molecule has 5 rings (SSSR count). The van der Waals surface area contributed by atoms with Crippen LogP contribution >= 0.6 is 0 Å². The van der Waals surface area contributed by atoms with Gasteiger partial charge in [0, 0.05) is 63.2 Å². The molecule has 4 heterocycles. The molecule has 31 heavy (non-hydrogen) atoms. The fourth-order valence-corrected chi connectivity index (χ4v) is 5.25. The molecule has 0 radical (unpaired) electrons. The molecular formula is C24H27N5O2. The molecule has 2 aliphatic heterocycles. The number of carbonyl (C=O) groups is 1. The Hall–Kier alpha value is -3.19. The summed E-state index contributed by atoms with van der Waals surface area (Å²) in [5, 5.41) is 7.28. The SMILES string of the molecule is CC(=O)NC[C@H]1[C@H]2C[C@H](CN(Cc3cccc(-n4cccn4)c3)C2)c2cccc(=O)n21.